The molecule has 0 radical (unpaired) electrons. The Bertz CT molecular complexity index is 1270. The van der Waals surface area contributed by atoms with Crippen LogP contribution in [0.1, 0.15) is 29.7 Å². The summed E-state index contributed by atoms with van der Waals surface area (Å²) in [5, 5.41) is 2.82. The van der Waals surface area contributed by atoms with Crippen molar-refractivity contribution in [3.05, 3.63) is 102 Å². The van der Waals surface area contributed by atoms with Gasteiger partial charge in [0.2, 0.25) is 21.8 Å². The molecule has 1 atom stereocenters. The van der Waals surface area contributed by atoms with E-state index in [2.05, 4.69) is 5.32 Å². The number of carbonyl (C=O) groups is 2. The van der Waals surface area contributed by atoms with E-state index < -0.39 is 28.5 Å². The summed E-state index contributed by atoms with van der Waals surface area (Å²) in [7, 11) is -2.16. The molecule has 0 fully saturated rings. The second-order valence-corrected chi connectivity index (χ2v) is 10.6. The van der Waals surface area contributed by atoms with E-state index in [1.165, 1.54) is 4.90 Å². The van der Waals surface area contributed by atoms with E-state index >= 15 is 0 Å². The molecule has 196 valence electrons. The molecule has 9 heteroatoms. The quantitative estimate of drug-likeness (QED) is 0.393. The van der Waals surface area contributed by atoms with Gasteiger partial charge in [0.1, 0.15) is 11.8 Å². The van der Waals surface area contributed by atoms with Crippen LogP contribution in [0.2, 0.25) is 0 Å². The first-order valence-corrected chi connectivity index (χ1v) is 13.8. The van der Waals surface area contributed by atoms with Crippen LogP contribution in [0.15, 0.2) is 84.9 Å². The maximum absolute atomic E-state index is 13.9. The third kappa shape index (κ3) is 7.90. The van der Waals surface area contributed by atoms with E-state index in [9.17, 15) is 18.0 Å². The maximum Gasteiger partial charge on any atom is 0.247 e. The van der Waals surface area contributed by atoms with Crippen LogP contribution < -0.4 is 10.1 Å². The van der Waals surface area contributed by atoms with Crippen LogP contribution in [0, 0.1) is 0 Å². The van der Waals surface area contributed by atoms with Gasteiger partial charge in [-0.15, -0.1) is 0 Å². The first-order chi connectivity index (χ1) is 17.7. The number of methoxy groups -OCH3 is 1. The van der Waals surface area contributed by atoms with Crippen molar-refractivity contribution in [3.8, 4) is 5.75 Å². The zero-order chi connectivity index (χ0) is 26.8. The predicted octanol–water partition coefficient (Wildman–Crippen LogP) is 3.36. The summed E-state index contributed by atoms with van der Waals surface area (Å²) in [6.45, 7) is 1.92. The molecule has 1 N–H and O–H groups in total. The Morgan fingerprint density at radius 2 is 1.43 bits per heavy atom. The SMILES string of the molecule is CCNC(=O)[C@H](c1ccccc1)N(Cc1ccc(OC)cc1)C(=O)CN(Cc1ccccc1)S(C)(=O)=O. The highest BCUT2D eigenvalue weighted by atomic mass is 32.2. The van der Waals surface area contributed by atoms with E-state index in [0.717, 1.165) is 21.7 Å². The van der Waals surface area contributed by atoms with Gasteiger partial charge in [-0.05, 0) is 35.7 Å². The number of rotatable bonds is 12. The van der Waals surface area contributed by atoms with E-state index in [-0.39, 0.29) is 19.0 Å². The van der Waals surface area contributed by atoms with Gasteiger partial charge in [-0.1, -0.05) is 72.8 Å². The van der Waals surface area contributed by atoms with Crippen LogP contribution in [0.5, 0.6) is 5.75 Å². The molecular weight excluding hydrogens is 490 g/mol. The van der Waals surface area contributed by atoms with Gasteiger partial charge in [0.05, 0.1) is 19.9 Å². The molecule has 2 amide bonds. The van der Waals surface area contributed by atoms with E-state index in [1.54, 1.807) is 62.6 Å². The summed E-state index contributed by atoms with van der Waals surface area (Å²) in [5.74, 6) is -0.169. The van der Waals surface area contributed by atoms with Crippen molar-refractivity contribution in [2.75, 3.05) is 26.5 Å². The lowest BCUT2D eigenvalue weighted by atomic mass is 10.0. The largest absolute Gasteiger partial charge is 0.497 e. The van der Waals surface area contributed by atoms with Gasteiger partial charge in [-0.25, -0.2) is 8.42 Å². The molecule has 3 aromatic rings. The molecule has 8 nitrogen and oxygen atoms in total. The molecule has 0 aliphatic heterocycles. The topological polar surface area (TPSA) is 96.0 Å². The molecule has 3 rings (SSSR count). The van der Waals surface area contributed by atoms with Crippen LogP contribution in [-0.4, -0.2) is 55.9 Å². The number of ether oxygens (including phenoxy) is 1. The number of benzene rings is 3. The number of nitrogens with one attached hydrogen (secondary N) is 1. The van der Waals surface area contributed by atoms with Gasteiger partial charge in [0.15, 0.2) is 0 Å². The minimum Gasteiger partial charge on any atom is -0.497 e. The van der Waals surface area contributed by atoms with Crippen molar-refractivity contribution in [1.82, 2.24) is 14.5 Å². The maximum atomic E-state index is 13.9. The lowest BCUT2D eigenvalue weighted by Crippen LogP contribution is -2.47. The number of sulfonamides is 1. The van der Waals surface area contributed by atoms with Crippen LogP contribution in [0.3, 0.4) is 0 Å². The highest BCUT2D eigenvalue weighted by molar-refractivity contribution is 7.88. The van der Waals surface area contributed by atoms with Crippen molar-refractivity contribution in [1.29, 1.82) is 0 Å². The molecule has 0 aliphatic carbocycles. The molecule has 0 saturated carbocycles. The number of hydrogen-bond acceptors (Lipinski definition) is 5. The molecule has 0 unspecified atom stereocenters. The standard InChI is InChI=1S/C28H33N3O5S/c1-4-29-28(33)27(24-13-9-6-10-14-24)31(20-23-15-17-25(36-2)18-16-23)26(32)21-30(37(3,34)35)19-22-11-7-5-8-12-22/h5-18,27H,4,19-21H2,1-3H3,(H,29,33)/t27-/m0/s1. The molecular formula is C28H33N3O5S. The highest BCUT2D eigenvalue weighted by Crippen LogP contribution is 2.25. The Balaban J connectivity index is 2.00. The van der Waals surface area contributed by atoms with Crippen LogP contribution in [0.25, 0.3) is 0 Å². The van der Waals surface area contributed by atoms with E-state index in [4.69, 9.17) is 4.74 Å². The molecule has 37 heavy (non-hydrogen) atoms. The predicted molar refractivity (Wildman–Crippen MR) is 143 cm³/mol. The summed E-state index contributed by atoms with van der Waals surface area (Å²) in [6.07, 6.45) is 1.08. The zero-order valence-corrected chi connectivity index (χ0v) is 22.1. The summed E-state index contributed by atoms with van der Waals surface area (Å²) < 4.78 is 31.7. The fourth-order valence-corrected chi connectivity index (χ4v) is 4.68. The van der Waals surface area contributed by atoms with Crippen molar-refractivity contribution >= 4 is 21.8 Å². The third-order valence-electron chi connectivity index (χ3n) is 5.84. The fourth-order valence-electron chi connectivity index (χ4n) is 3.95. The first kappa shape index (κ1) is 27.9. The molecule has 0 bridgehead atoms. The number of nitrogens with zero attached hydrogens (tertiary/aromatic N) is 2. The van der Waals surface area contributed by atoms with Crippen LogP contribution in [-0.2, 0) is 32.7 Å². The van der Waals surface area contributed by atoms with E-state index in [0.29, 0.717) is 17.9 Å². The Hall–Kier alpha value is -3.69. The number of amides is 2. The minimum atomic E-state index is -3.73. The summed E-state index contributed by atoms with van der Waals surface area (Å²) in [6, 6.07) is 24.3. The number of hydrogen-bond donors (Lipinski definition) is 1. The summed E-state index contributed by atoms with van der Waals surface area (Å²) in [5.41, 5.74) is 2.16. The second kappa shape index (κ2) is 13.0. The number of likely N-dealkylation sites (N-methyl/N-ethyl adjacent to an activating group) is 1. The lowest BCUT2D eigenvalue weighted by molar-refractivity contribution is -0.141. The molecule has 0 spiro atoms. The molecule has 0 aromatic heterocycles. The smallest absolute Gasteiger partial charge is 0.247 e. The van der Waals surface area contributed by atoms with Gasteiger partial charge in [0, 0.05) is 19.6 Å². The van der Waals surface area contributed by atoms with Gasteiger partial charge in [-0.3, -0.25) is 9.59 Å². The lowest BCUT2D eigenvalue weighted by Gasteiger charge is -2.33. The Labute approximate surface area is 218 Å². The van der Waals surface area contributed by atoms with Crippen molar-refractivity contribution in [3.63, 3.8) is 0 Å². The number of carbonyl (C=O) groups excluding carboxylic acids is 2. The molecule has 0 heterocycles. The third-order valence-corrected chi connectivity index (χ3v) is 7.04. The van der Waals surface area contributed by atoms with Crippen molar-refractivity contribution in [2.45, 2.75) is 26.1 Å². The van der Waals surface area contributed by atoms with Crippen LogP contribution in [0.4, 0.5) is 0 Å². The Kier molecular flexibility index (Phi) is 9.82. The van der Waals surface area contributed by atoms with Gasteiger partial charge < -0.3 is 15.0 Å². The monoisotopic (exact) mass is 523 g/mol. The van der Waals surface area contributed by atoms with Gasteiger partial charge in [-0.2, -0.15) is 4.31 Å². The van der Waals surface area contributed by atoms with Gasteiger partial charge in [0.25, 0.3) is 0 Å². The van der Waals surface area contributed by atoms with Crippen LogP contribution >= 0.6 is 0 Å². The average molecular weight is 524 g/mol. The van der Waals surface area contributed by atoms with E-state index in [1.807, 2.05) is 36.4 Å². The minimum absolute atomic E-state index is 0.0406. The normalized spacial score (nSPS) is 12.1. The molecule has 3 aromatic carbocycles. The zero-order valence-electron chi connectivity index (χ0n) is 21.3. The Morgan fingerprint density at radius 1 is 0.865 bits per heavy atom. The molecule has 0 saturated heterocycles. The summed E-state index contributed by atoms with van der Waals surface area (Å²) in [4.78, 5) is 28.6. The highest BCUT2D eigenvalue weighted by Gasteiger charge is 2.33. The second-order valence-electron chi connectivity index (χ2n) is 8.59. The fraction of sp³-hybridized carbons (Fsp3) is 0.286. The Morgan fingerprint density at radius 3 is 1.97 bits per heavy atom. The first-order valence-electron chi connectivity index (χ1n) is 12.0. The van der Waals surface area contributed by atoms with Crippen molar-refractivity contribution in [2.24, 2.45) is 0 Å². The average Bonchev–Trinajstić information content (AvgIpc) is 2.89. The molecule has 0 aliphatic rings. The summed E-state index contributed by atoms with van der Waals surface area (Å²) >= 11 is 0. The van der Waals surface area contributed by atoms with Gasteiger partial charge >= 0.3 is 0 Å². The van der Waals surface area contributed by atoms with Crippen molar-refractivity contribution < 1.29 is 22.7 Å².